The van der Waals surface area contributed by atoms with Gasteiger partial charge in [0, 0.05) is 33.2 Å². The van der Waals surface area contributed by atoms with Crippen LogP contribution in [-0.4, -0.2) is 19.5 Å². The molecule has 0 N–H and O–H groups in total. The molecule has 0 saturated carbocycles. The minimum atomic E-state index is 0.452. The van der Waals surface area contributed by atoms with Gasteiger partial charge in [-0.1, -0.05) is 115 Å². The highest BCUT2D eigenvalue weighted by Gasteiger charge is 2.18. The van der Waals surface area contributed by atoms with Crippen molar-refractivity contribution in [1.82, 2.24) is 19.5 Å². The molecule has 0 aliphatic rings. The average Bonchev–Trinajstić information content (AvgIpc) is 3.46. The third-order valence-corrected chi connectivity index (χ3v) is 8.38. The molecule has 0 radical (unpaired) electrons. The predicted molar refractivity (Wildman–Crippen MR) is 185 cm³/mol. The van der Waals surface area contributed by atoms with E-state index in [9.17, 15) is 5.26 Å². The van der Waals surface area contributed by atoms with E-state index in [0.717, 1.165) is 38.6 Å². The lowest BCUT2D eigenvalue weighted by Crippen LogP contribution is -2.02. The molecule has 0 fully saturated rings. The number of aryl methyl sites for hydroxylation is 1. The van der Waals surface area contributed by atoms with Gasteiger partial charge in [0.2, 0.25) is 0 Å². The number of benzene rings is 6. The van der Waals surface area contributed by atoms with Gasteiger partial charge in [-0.25, -0.2) is 15.0 Å². The highest BCUT2D eigenvalue weighted by Crippen LogP contribution is 2.36. The van der Waals surface area contributed by atoms with Crippen molar-refractivity contribution in [3.8, 4) is 57.0 Å². The molecule has 5 heteroatoms. The van der Waals surface area contributed by atoms with Gasteiger partial charge >= 0.3 is 0 Å². The lowest BCUT2D eigenvalue weighted by molar-refractivity contribution is 1.07. The molecular weight excluding hydrogens is 562 g/mol. The molecule has 0 aliphatic carbocycles. The summed E-state index contributed by atoms with van der Waals surface area (Å²) >= 11 is 0. The van der Waals surface area contributed by atoms with E-state index < -0.39 is 0 Å². The van der Waals surface area contributed by atoms with Crippen LogP contribution in [0, 0.1) is 18.3 Å². The molecule has 0 unspecified atom stereocenters. The van der Waals surface area contributed by atoms with Crippen LogP contribution in [0.3, 0.4) is 0 Å². The largest absolute Gasteiger partial charge is 0.309 e. The maximum absolute atomic E-state index is 10.2. The number of rotatable bonds is 5. The van der Waals surface area contributed by atoms with E-state index in [4.69, 9.17) is 15.0 Å². The van der Waals surface area contributed by atoms with Crippen LogP contribution < -0.4 is 0 Å². The molecule has 0 spiro atoms. The van der Waals surface area contributed by atoms with Crippen LogP contribution in [0.4, 0.5) is 0 Å². The Kier molecular flexibility index (Phi) is 6.67. The van der Waals surface area contributed by atoms with Crippen LogP contribution in [0.15, 0.2) is 146 Å². The smallest absolute Gasteiger partial charge is 0.165 e. The van der Waals surface area contributed by atoms with Crippen molar-refractivity contribution in [1.29, 1.82) is 5.26 Å². The van der Waals surface area contributed by atoms with Crippen molar-refractivity contribution < 1.29 is 0 Å². The van der Waals surface area contributed by atoms with Gasteiger partial charge in [-0.3, -0.25) is 0 Å². The zero-order valence-electron chi connectivity index (χ0n) is 25.1. The SMILES string of the molecule is Cc1ccc(-c2ccc3c(c2)c2ccccc2n3-c2ccc(C#N)c(-c3nc(-c4ccccc4)nc(-c4ccccc4)n3)c2)cc1. The molecule has 2 aromatic heterocycles. The number of para-hydroxylation sites is 1. The van der Waals surface area contributed by atoms with Crippen LogP contribution in [0.2, 0.25) is 0 Å². The molecule has 0 atom stereocenters. The van der Waals surface area contributed by atoms with Gasteiger partial charge in [-0.15, -0.1) is 0 Å². The van der Waals surface area contributed by atoms with Crippen LogP contribution in [0.5, 0.6) is 0 Å². The predicted octanol–water partition coefficient (Wildman–Crippen LogP) is 9.82. The van der Waals surface area contributed by atoms with Crippen molar-refractivity contribution in [2.45, 2.75) is 6.92 Å². The molecule has 2 heterocycles. The van der Waals surface area contributed by atoms with Crippen LogP contribution in [0.1, 0.15) is 11.1 Å². The lowest BCUT2D eigenvalue weighted by atomic mass is 10.0. The van der Waals surface area contributed by atoms with Crippen LogP contribution >= 0.6 is 0 Å². The summed E-state index contributed by atoms with van der Waals surface area (Å²) in [5.74, 6) is 1.56. The normalized spacial score (nSPS) is 11.1. The Labute approximate surface area is 266 Å². The van der Waals surface area contributed by atoms with E-state index in [0.29, 0.717) is 28.6 Å². The van der Waals surface area contributed by atoms with E-state index in [1.165, 1.54) is 16.7 Å². The molecule has 6 aromatic carbocycles. The summed E-state index contributed by atoms with van der Waals surface area (Å²) < 4.78 is 2.26. The zero-order chi connectivity index (χ0) is 31.0. The molecule has 46 heavy (non-hydrogen) atoms. The molecule has 8 rings (SSSR count). The number of nitriles is 1. The maximum Gasteiger partial charge on any atom is 0.165 e. The minimum absolute atomic E-state index is 0.452. The summed E-state index contributed by atoms with van der Waals surface area (Å²) in [5.41, 5.74) is 9.59. The van der Waals surface area contributed by atoms with Gasteiger partial charge in [-0.05, 0) is 54.4 Å². The summed E-state index contributed by atoms with van der Waals surface area (Å²) in [6.45, 7) is 2.11. The number of aromatic nitrogens is 4. The minimum Gasteiger partial charge on any atom is -0.309 e. The standard InChI is InChI=1S/C41H27N5/c1-27-16-18-28(19-17-27)31-21-23-38-36(24-31)34-14-8-9-15-37(34)46(38)33-22-20-32(26-42)35(25-33)41-44-39(29-10-4-2-5-11-29)43-40(45-41)30-12-6-3-7-13-30/h2-25H,1H3. The summed E-state index contributed by atoms with van der Waals surface area (Å²) in [4.78, 5) is 14.7. The second-order valence-electron chi connectivity index (χ2n) is 11.3. The quantitative estimate of drug-likeness (QED) is 0.200. The van der Waals surface area contributed by atoms with Crippen molar-refractivity contribution in [2.75, 3.05) is 0 Å². The molecule has 5 nitrogen and oxygen atoms in total. The van der Waals surface area contributed by atoms with E-state index in [2.05, 4.69) is 84.3 Å². The molecular formula is C41H27N5. The van der Waals surface area contributed by atoms with Gasteiger partial charge in [0.05, 0.1) is 22.7 Å². The molecule has 8 aromatic rings. The van der Waals surface area contributed by atoms with Crippen molar-refractivity contribution in [3.05, 3.63) is 157 Å². The first-order chi connectivity index (χ1) is 22.7. The second kappa shape index (κ2) is 11.3. The molecule has 216 valence electrons. The van der Waals surface area contributed by atoms with E-state index in [-0.39, 0.29) is 0 Å². The Hall–Kier alpha value is -6.38. The number of hydrogen-bond donors (Lipinski definition) is 0. The fraction of sp³-hybridized carbons (Fsp3) is 0.0244. The van der Waals surface area contributed by atoms with Gasteiger partial charge in [0.25, 0.3) is 0 Å². The van der Waals surface area contributed by atoms with Crippen LogP contribution in [-0.2, 0) is 0 Å². The lowest BCUT2D eigenvalue weighted by Gasteiger charge is -2.13. The Morgan fingerprint density at radius 3 is 1.76 bits per heavy atom. The molecule has 0 saturated heterocycles. The monoisotopic (exact) mass is 589 g/mol. The molecule has 0 amide bonds. The molecule has 0 bridgehead atoms. The Morgan fingerprint density at radius 1 is 0.500 bits per heavy atom. The second-order valence-corrected chi connectivity index (χ2v) is 11.3. The van der Waals surface area contributed by atoms with Crippen LogP contribution in [0.25, 0.3) is 72.8 Å². The summed E-state index contributed by atoms with van der Waals surface area (Å²) in [7, 11) is 0. The van der Waals surface area contributed by atoms with Gasteiger partial charge in [-0.2, -0.15) is 5.26 Å². The first-order valence-electron chi connectivity index (χ1n) is 15.2. The van der Waals surface area contributed by atoms with Crippen molar-refractivity contribution >= 4 is 21.8 Å². The van der Waals surface area contributed by atoms with E-state index >= 15 is 0 Å². The first-order valence-corrected chi connectivity index (χ1v) is 15.2. The van der Waals surface area contributed by atoms with Gasteiger partial charge in [0.1, 0.15) is 0 Å². The average molecular weight is 590 g/mol. The zero-order valence-corrected chi connectivity index (χ0v) is 25.1. The number of nitrogens with zero attached hydrogens (tertiary/aromatic N) is 5. The third-order valence-electron chi connectivity index (χ3n) is 8.38. The fourth-order valence-electron chi connectivity index (χ4n) is 6.06. The highest BCUT2D eigenvalue weighted by atomic mass is 15.0. The number of fused-ring (bicyclic) bond motifs is 3. The topological polar surface area (TPSA) is 67.4 Å². The van der Waals surface area contributed by atoms with E-state index in [1.54, 1.807) is 0 Å². The fourth-order valence-corrected chi connectivity index (χ4v) is 6.06. The summed E-state index contributed by atoms with van der Waals surface area (Å²) in [6, 6.07) is 51.7. The Balaban J connectivity index is 1.34. The van der Waals surface area contributed by atoms with Gasteiger partial charge in [0.15, 0.2) is 17.5 Å². The molecule has 0 aliphatic heterocycles. The van der Waals surface area contributed by atoms with E-state index in [1.807, 2.05) is 78.9 Å². The Bertz CT molecular complexity index is 2360. The number of hydrogen-bond acceptors (Lipinski definition) is 4. The summed E-state index contributed by atoms with van der Waals surface area (Å²) in [6.07, 6.45) is 0. The third kappa shape index (κ3) is 4.79. The Morgan fingerprint density at radius 2 is 1.09 bits per heavy atom. The van der Waals surface area contributed by atoms with Crippen molar-refractivity contribution in [3.63, 3.8) is 0 Å². The summed E-state index contributed by atoms with van der Waals surface area (Å²) in [5, 5.41) is 12.6. The highest BCUT2D eigenvalue weighted by molar-refractivity contribution is 6.10. The first kappa shape index (κ1) is 27.2. The van der Waals surface area contributed by atoms with Gasteiger partial charge < -0.3 is 4.57 Å². The van der Waals surface area contributed by atoms with Crippen molar-refractivity contribution in [2.24, 2.45) is 0 Å². The maximum atomic E-state index is 10.2.